The van der Waals surface area contributed by atoms with Gasteiger partial charge in [0.05, 0.1) is 19.3 Å². The van der Waals surface area contributed by atoms with Crippen molar-refractivity contribution in [1.82, 2.24) is 5.32 Å². The number of hydrogen-bond donors (Lipinski definition) is 2. The van der Waals surface area contributed by atoms with E-state index >= 15 is 0 Å². The molecule has 0 heterocycles. The molecule has 0 saturated heterocycles. The lowest BCUT2D eigenvalue weighted by atomic mass is 10.0. The van der Waals surface area contributed by atoms with E-state index in [-0.39, 0.29) is 6.04 Å². The van der Waals surface area contributed by atoms with Gasteiger partial charge in [-0.05, 0) is 19.8 Å². The van der Waals surface area contributed by atoms with Crippen LogP contribution in [0.5, 0.6) is 0 Å². The Balaban J connectivity index is 4.02. The van der Waals surface area contributed by atoms with Gasteiger partial charge in [0.2, 0.25) is 0 Å². The third-order valence-electron chi connectivity index (χ3n) is 2.42. The Hall–Kier alpha value is -1.29. The SMILES string of the molecule is C=C(C[C@@H](O)/C=C/CCC)[C@@H](C)NC(=O)OC. The van der Waals surface area contributed by atoms with Crippen LogP contribution in [0.3, 0.4) is 0 Å². The molecular weight excluding hydrogens is 218 g/mol. The molecule has 0 spiro atoms. The minimum absolute atomic E-state index is 0.211. The zero-order valence-corrected chi connectivity index (χ0v) is 10.9. The fourth-order valence-electron chi connectivity index (χ4n) is 1.27. The molecule has 98 valence electrons. The molecule has 4 heteroatoms. The van der Waals surface area contributed by atoms with Crippen LogP contribution in [0.2, 0.25) is 0 Å². The molecule has 0 unspecified atom stereocenters. The highest BCUT2D eigenvalue weighted by molar-refractivity contribution is 5.67. The smallest absolute Gasteiger partial charge is 0.407 e. The maximum absolute atomic E-state index is 11.0. The monoisotopic (exact) mass is 241 g/mol. The van der Waals surface area contributed by atoms with E-state index in [1.54, 1.807) is 6.08 Å². The molecule has 0 fully saturated rings. The molecule has 0 aliphatic carbocycles. The van der Waals surface area contributed by atoms with E-state index in [2.05, 4.69) is 23.6 Å². The molecule has 2 N–H and O–H groups in total. The molecule has 0 aromatic heterocycles. The van der Waals surface area contributed by atoms with E-state index in [1.807, 2.05) is 13.0 Å². The van der Waals surface area contributed by atoms with Crippen molar-refractivity contribution in [2.45, 2.75) is 45.3 Å². The van der Waals surface area contributed by atoms with Gasteiger partial charge in [0.25, 0.3) is 0 Å². The van der Waals surface area contributed by atoms with E-state index in [1.165, 1.54) is 7.11 Å². The maximum Gasteiger partial charge on any atom is 0.407 e. The highest BCUT2D eigenvalue weighted by Gasteiger charge is 2.12. The van der Waals surface area contributed by atoms with Crippen LogP contribution in [0.25, 0.3) is 0 Å². The van der Waals surface area contributed by atoms with Gasteiger partial charge in [0.15, 0.2) is 0 Å². The van der Waals surface area contributed by atoms with Crippen molar-refractivity contribution in [3.8, 4) is 0 Å². The Bertz CT molecular complexity index is 274. The van der Waals surface area contributed by atoms with Gasteiger partial charge in [0, 0.05) is 0 Å². The molecule has 0 aromatic rings. The number of methoxy groups -OCH3 is 1. The van der Waals surface area contributed by atoms with E-state index in [0.29, 0.717) is 6.42 Å². The van der Waals surface area contributed by atoms with Crippen molar-refractivity contribution >= 4 is 6.09 Å². The Morgan fingerprint density at radius 3 is 2.76 bits per heavy atom. The van der Waals surface area contributed by atoms with Gasteiger partial charge in [-0.3, -0.25) is 0 Å². The number of nitrogens with one attached hydrogen (secondary N) is 1. The minimum Gasteiger partial charge on any atom is -0.453 e. The first-order valence-corrected chi connectivity index (χ1v) is 5.88. The highest BCUT2D eigenvalue weighted by Crippen LogP contribution is 2.09. The van der Waals surface area contributed by atoms with Crippen molar-refractivity contribution in [3.05, 3.63) is 24.3 Å². The third kappa shape index (κ3) is 7.58. The number of unbranched alkanes of at least 4 members (excludes halogenated alkanes) is 1. The number of rotatable bonds is 7. The molecule has 0 saturated carbocycles. The topological polar surface area (TPSA) is 58.6 Å². The lowest BCUT2D eigenvalue weighted by Gasteiger charge is -2.17. The van der Waals surface area contributed by atoms with Crippen molar-refractivity contribution in [1.29, 1.82) is 0 Å². The quantitative estimate of drug-likeness (QED) is 0.673. The molecule has 1 amide bonds. The summed E-state index contributed by atoms with van der Waals surface area (Å²) < 4.78 is 4.49. The molecule has 2 atom stereocenters. The second kappa shape index (κ2) is 8.82. The zero-order valence-electron chi connectivity index (χ0n) is 10.9. The van der Waals surface area contributed by atoms with Crippen LogP contribution >= 0.6 is 0 Å². The first-order valence-electron chi connectivity index (χ1n) is 5.88. The molecule has 0 radical (unpaired) electrons. The standard InChI is InChI=1S/C13H23NO3/c1-5-6-7-8-12(15)9-10(2)11(3)14-13(16)17-4/h7-8,11-12,15H,2,5-6,9H2,1,3-4H3,(H,14,16)/b8-7+/t11-,12+/m1/s1. The summed E-state index contributed by atoms with van der Waals surface area (Å²) in [6.07, 6.45) is 5.14. The van der Waals surface area contributed by atoms with E-state index in [4.69, 9.17) is 0 Å². The Morgan fingerprint density at radius 1 is 1.59 bits per heavy atom. The van der Waals surface area contributed by atoms with E-state index < -0.39 is 12.2 Å². The van der Waals surface area contributed by atoms with Crippen LogP contribution in [0.15, 0.2) is 24.3 Å². The first-order chi connectivity index (χ1) is 8.01. The van der Waals surface area contributed by atoms with Gasteiger partial charge in [-0.15, -0.1) is 0 Å². The number of ether oxygens (including phenoxy) is 1. The maximum atomic E-state index is 11.0. The van der Waals surface area contributed by atoms with Crippen molar-refractivity contribution in [3.63, 3.8) is 0 Å². The molecule has 0 bridgehead atoms. The van der Waals surface area contributed by atoms with E-state index in [0.717, 1.165) is 18.4 Å². The fraction of sp³-hybridized carbons (Fsp3) is 0.615. The third-order valence-corrected chi connectivity index (χ3v) is 2.42. The molecule has 0 aromatic carbocycles. The second-order valence-corrected chi connectivity index (χ2v) is 4.00. The number of amides is 1. The Kier molecular flexibility index (Phi) is 8.15. The predicted octanol–water partition coefficient (Wildman–Crippen LogP) is 2.39. The van der Waals surface area contributed by atoms with Gasteiger partial charge in [-0.1, -0.05) is 37.6 Å². The molecule has 0 aliphatic rings. The van der Waals surface area contributed by atoms with Gasteiger partial charge in [0.1, 0.15) is 0 Å². The van der Waals surface area contributed by atoms with Crippen molar-refractivity contribution in [2.75, 3.05) is 7.11 Å². The normalized spacial score (nSPS) is 14.4. The number of alkyl carbamates (subject to hydrolysis) is 1. The van der Waals surface area contributed by atoms with Gasteiger partial charge in [-0.2, -0.15) is 0 Å². The molecular formula is C13H23NO3. The Labute approximate surface area is 103 Å². The summed E-state index contributed by atoms with van der Waals surface area (Å²) in [5, 5.41) is 12.3. The fourth-order valence-corrected chi connectivity index (χ4v) is 1.27. The lowest BCUT2D eigenvalue weighted by Crippen LogP contribution is -2.34. The number of hydrogen-bond acceptors (Lipinski definition) is 3. The second-order valence-electron chi connectivity index (χ2n) is 4.00. The summed E-state index contributed by atoms with van der Waals surface area (Å²) in [5.41, 5.74) is 0.768. The summed E-state index contributed by atoms with van der Waals surface area (Å²) in [7, 11) is 1.31. The largest absolute Gasteiger partial charge is 0.453 e. The number of carbonyl (C=O) groups excluding carboxylic acids is 1. The summed E-state index contributed by atoms with van der Waals surface area (Å²) in [6, 6.07) is -0.211. The van der Waals surface area contributed by atoms with E-state index in [9.17, 15) is 9.90 Å². The number of allylic oxidation sites excluding steroid dienone is 1. The van der Waals surface area contributed by atoms with Crippen LogP contribution in [0.4, 0.5) is 4.79 Å². The van der Waals surface area contributed by atoms with Crippen LogP contribution in [-0.2, 0) is 4.74 Å². The molecule has 4 nitrogen and oxygen atoms in total. The minimum atomic E-state index is -0.545. The molecule has 17 heavy (non-hydrogen) atoms. The molecule has 0 aliphatic heterocycles. The van der Waals surface area contributed by atoms with Crippen molar-refractivity contribution < 1.29 is 14.6 Å². The van der Waals surface area contributed by atoms with Crippen LogP contribution in [0.1, 0.15) is 33.1 Å². The average molecular weight is 241 g/mol. The van der Waals surface area contributed by atoms with Crippen LogP contribution in [0, 0.1) is 0 Å². The van der Waals surface area contributed by atoms with Gasteiger partial charge >= 0.3 is 6.09 Å². The van der Waals surface area contributed by atoms with Gasteiger partial charge in [-0.25, -0.2) is 4.79 Å². The van der Waals surface area contributed by atoms with Gasteiger partial charge < -0.3 is 15.2 Å². The van der Waals surface area contributed by atoms with Crippen LogP contribution in [-0.4, -0.2) is 30.5 Å². The summed E-state index contributed by atoms with van der Waals surface area (Å²) >= 11 is 0. The first kappa shape index (κ1) is 15.7. The summed E-state index contributed by atoms with van der Waals surface area (Å²) in [5.74, 6) is 0. The highest BCUT2D eigenvalue weighted by atomic mass is 16.5. The number of carbonyl (C=O) groups is 1. The number of aliphatic hydroxyl groups excluding tert-OH is 1. The summed E-state index contributed by atoms with van der Waals surface area (Å²) in [6.45, 7) is 7.73. The van der Waals surface area contributed by atoms with Crippen LogP contribution < -0.4 is 5.32 Å². The average Bonchev–Trinajstić information content (AvgIpc) is 2.28. The Morgan fingerprint density at radius 2 is 2.24 bits per heavy atom. The summed E-state index contributed by atoms with van der Waals surface area (Å²) in [4.78, 5) is 11.0. The zero-order chi connectivity index (χ0) is 13.3. The predicted molar refractivity (Wildman–Crippen MR) is 68.8 cm³/mol. The van der Waals surface area contributed by atoms with Crippen molar-refractivity contribution in [2.24, 2.45) is 0 Å². The molecule has 0 rings (SSSR count). The lowest BCUT2D eigenvalue weighted by molar-refractivity contribution is 0.167. The number of aliphatic hydroxyl groups is 1.